The van der Waals surface area contributed by atoms with Crippen LogP contribution in [0.2, 0.25) is 0 Å². The maximum atomic E-state index is 12.9. The molecule has 2 rings (SSSR count). The van der Waals surface area contributed by atoms with Crippen molar-refractivity contribution >= 4 is 11.7 Å². The van der Waals surface area contributed by atoms with Gasteiger partial charge in [0.2, 0.25) is 0 Å². The molecule has 0 aromatic heterocycles. The number of halogens is 3. The van der Waals surface area contributed by atoms with Crippen LogP contribution in [0.15, 0.2) is 42.5 Å². The molecule has 2 aromatic rings. The van der Waals surface area contributed by atoms with E-state index in [1.807, 2.05) is 26.0 Å². The lowest BCUT2D eigenvalue weighted by molar-refractivity contribution is -0.136. The lowest BCUT2D eigenvalue weighted by Gasteiger charge is -2.14. The van der Waals surface area contributed by atoms with Crippen LogP contribution in [0.25, 0.3) is 0 Å². The predicted molar refractivity (Wildman–Crippen MR) is 85.0 cm³/mol. The number of aryl methyl sites for hydroxylation is 2. The number of urea groups is 1. The van der Waals surface area contributed by atoms with E-state index in [1.165, 1.54) is 18.2 Å². The second kappa shape index (κ2) is 7.25. The van der Waals surface area contributed by atoms with E-state index < -0.39 is 17.8 Å². The molecule has 0 atom stereocenters. The van der Waals surface area contributed by atoms with Crippen molar-refractivity contribution in [2.75, 3.05) is 12.0 Å². The van der Waals surface area contributed by atoms with E-state index in [2.05, 4.69) is 10.6 Å². The normalized spacial score (nSPS) is 11.0. The highest BCUT2D eigenvalue weighted by Crippen LogP contribution is 2.34. The fourth-order valence-electron chi connectivity index (χ4n) is 2.15. The molecule has 2 N–H and O–H groups in total. The van der Waals surface area contributed by atoms with Crippen LogP contribution < -0.4 is 15.4 Å². The van der Waals surface area contributed by atoms with Crippen LogP contribution in [0.5, 0.6) is 5.75 Å². The molecule has 0 saturated heterocycles. The van der Waals surface area contributed by atoms with Crippen LogP contribution in [-0.4, -0.2) is 12.8 Å². The van der Waals surface area contributed by atoms with Crippen molar-refractivity contribution in [1.82, 2.24) is 5.32 Å². The zero-order valence-corrected chi connectivity index (χ0v) is 13.2. The lowest BCUT2D eigenvalue weighted by atomic mass is 10.1. The van der Waals surface area contributed by atoms with Gasteiger partial charge in [0.1, 0.15) is 5.75 Å². The smallest absolute Gasteiger partial charge is 0.418 e. The summed E-state index contributed by atoms with van der Waals surface area (Å²) in [6, 6.07) is 9.54. The third-order valence-corrected chi connectivity index (χ3v) is 3.27. The van der Waals surface area contributed by atoms with Crippen molar-refractivity contribution in [3.05, 3.63) is 59.2 Å². The monoisotopic (exact) mass is 338 g/mol. The van der Waals surface area contributed by atoms with E-state index in [4.69, 9.17) is 4.74 Å². The maximum Gasteiger partial charge on any atom is 0.418 e. The molecule has 2 amide bonds. The molecule has 0 radical (unpaired) electrons. The van der Waals surface area contributed by atoms with Crippen LogP contribution in [0.3, 0.4) is 0 Å². The predicted octanol–water partition coefficient (Wildman–Crippen LogP) is 4.48. The van der Waals surface area contributed by atoms with Gasteiger partial charge in [-0.2, -0.15) is 13.2 Å². The van der Waals surface area contributed by atoms with Crippen LogP contribution in [0.4, 0.5) is 23.7 Å². The fourth-order valence-corrected chi connectivity index (χ4v) is 2.15. The molecular weight excluding hydrogens is 321 g/mol. The molecule has 0 bridgehead atoms. The molecule has 0 aliphatic heterocycles. The quantitative estimate of drug-likeness (QED) is 0.808. The van der Waals surface area contributed by atoms with Crippen LogP contribution in [0.1, 0.15) is 16.7 Å². The van der Waals surface area contributed by atoms with E-state index in [1.54, 1.807) is 6.07 Å². The van der Waals surface area contributed by atoms with Gasteiger partial charge in [-0.25, -0.2) is 4.79 Å². The molecule has 4 nitrogen and oxygen atoms in total. The summed E-state index contributed by atoms with van der Waals surface area (Å²) in [5, 5.41) is 4.54. The Kier molecular flexibility index (Phi) is 5.33. The van der Waals surface area contributed by atoms with Crippen molar-refractivity contribution in [3.63, 3.8) is 0 Å². The summed E-state index contributed by atoms with van der Waals surface area (Å²) in [5.41, 5.74) is 0.762. The van der Waals surface area contributed by atoms with Crippen molar-refractivity contribution in [1.29, 1.82) is 0 Å². The highest BCUT2D eigenvalue weighted by atomic mass is 19.4. The Morgan fingerprint density at radius 1 is 1.12 bits per heavy atom. The molecule has 128 valence electrons. The number of alkyl halides is 3. The fraction of sp³-hybridized carbons (Fsp3) is 0.235. The molecule has 7 heteroatoms. The summed E-state index contributed by atoms with van der Waals surface area (Å²) < 4.78 is 44.0. The molecule has 0 fully saturated rings. The number of anilines is 1. The minimum Gasteiger partial charge on any atom is -0.473 e. The second-order valence-corrected chi connectivity index (χ2v) is 5.23. The second-order valence-electron chi connectivity index (χ2n) is 5.23. The number of ether oxygens (including phenoxy) is 1. The first-order chi connectivity index (χ1) is 11.3. The van der Waals surface area contributed by atoms with Gasteiger partial charge in [-0.1, -0.05) is 29.8 Å². The molecule has 0 heterocycles. The number of amides is 2. The Bertz CT molecular complexity index is 730. The number of carbonyl (C=O) groups is 1. The molecule has 0 saturated carbocycles. The summed E-state index contributed by atoms with van der Waals surface area (Å²) in [7, 11) is 0. The lowest BCUT2D eigenvalue weighted by Crippen LogP contribution is -2.32. The molecule has 0 aliphatic carbocycles. The maximum absolute atomic E-state index is 12.9. The van der Waals surface area contributed by atoms with Crippen molar-refractivity contribution in [2.45, 2.75) is 20.0 Å². The number of rotatable bonds is 4. The van der Waals surface area contributed by atoms with Crippen molar-refractivity contribution in [2.24, 2.45) is 0 Å². The van der Waals surface area contributed by atoms with Gasteiger partial charge in [0.25, 0.3) is 0 Å². The largest absolute Gasteiger partial charge is 0.473 e. The number of hydrogen-bond acceptors (Lipinski definition) is 2. The Hall–Kier alpha value is -2.70. The SMILES string of the molecule is Cc1ccc(OCNC(=O)Nc2ccccc2C(F)(F)F)c(C)c1. The van der Waals surface area contributed by atoms with Gasteiger partial charge in [0.15, 0.2) is 6.73 Å². The number of nitrogens with one attached hydrogen (secondary N) is 2. The van der Waals surface area contributed by atoms with Crippen molar-refractivity contribution in [3.8, 4) is 5.75 Å². The number of benzene rings is 2. The topological polar surface area (TPSA) is 50.4 Å². The molecule has 2 aromatic carbocycles. The minimum absolute atomic E-state index is 0.163. The zero-order valence-electron chi connectivity index (χ0n) is 13.2. The van der Waals surface area contributed by atoms with Gasteiger partial charge in [-0.15, -0.1) is 0 Å². The first-order valence-corrected chi connectivity index (χ1v) is 7.18. The zero-order chi connectivity index (χ0) is 17.7. The van der Waals surface area contributed by atoms with E-state index in [9.17, 15) is 18.0 Å². The van der Waals surface area contributed by atoms with E-state index >= 15 is 0 Å². The van der Waals surface area contributed by atoms with Gasteiger partial charge in [0, 0.05) is 0 Å². The third-order valence-electron chi connectivity index (χ3n) is 3.27. The van der Waals surface area contributed by atoms with Gasteiger partial charge >= 0.3 is 12.2 Å². The Labute approximate surface area is 137 Å². The Morgan fingerprint density at radius 3 is 2.50 bits per heavy atom. The van der Waals surface area contributed by atoms with E-state index in [0.29, 0.717) is 5.75 Å². The Balaban J connectivity index is 1.93. The van der Waals surface area contributed by atoms with Crippen LogP contribution in [-0.2, 0) is 6.18 Å². The standard InChI is InChI=1S/C17H17F3N2O2/c1-11-7-8-15(12(2)9-11)24-10-21-16(23)22-14-6-4-3-5-13(14)17(18,19)20/h3-9H,10H2,1-2H3,(H2,21,22,23). The first kappa shape index (κ1) is 17.7. The molecule has 0 spiro atoms. The average molecular weight is 338 g/mol. The van der Waals surface area contributed by atoms with Gasteiger partial charge in [-0.05, 0) is 37.6 Å². The summed E-state index contributed by atoms with van der Waals surface area (Å²) >= 11 is 0. The minimum atomic E-state index is -4.54. The van der Waals surface area contributed by atoms with Crippen LogP contribution in [0, 0.1) is 13.8 Å². The molecular formula is C17H17F3N2O2. The van der Waals surface area contributed by atoms with Gasteiger partial charge < -0.3 is 15.4 Å². The first-order valence-electron chi connectivity index (χ1n) is 7.18. The average Bonchev–Trinajstić information content (AvgIpc) is 2.49. The molecule has 0 unspecified atom stereocenters. The summed E-state index contributed by atoms with van der Waals surface area (Å²) in [4.78, 5) is 11.8. The van der Waals surface area contributed by atoms with Crippen molar-refractivity contribution < 1.29 is 22.7 Å². The van der Waals surface area contributed by atoms with E-state index in [0.717, 1.165) is 17.2 Å². The number of hydrogen-bond donors (Lipinski definition) is 2. The summed E-state index contributed by atoms with van der Waals surface area (Å²) in [6.45, 7) is 3.65. The number of para-hydroxylation sites is 1. The molecule has 24 heavy (non-hydrogen) atoms. The third kappa shape index (κ3) is 4.65. The molecule has 0 aliphatic rings. The summed E-state index contributed by atoms with van der Waals surface area (Å²) in [6.07, 6.45) is -4.54. The van der Waals surface area contributed by atoms with E-state index in [-0.39, 0.29) is 12.4 Å². The van der Waals surface area contributed by atoms with Crippen LogP contribution >= 0.6 is 0 Å². The van der Waals surface area contributed by atoms with Gasteiger partial charge in [0.05, 0.1) is 11.3 Å². The van der Waals surface area contributed by atoms with Gasteiger partial charge in [-0.3, -0.25) is 0 Å². The number of carbonyl (C=O) groups excluding carboxylic acids is 1. The highest BCUT2D eigenvalue weighted by molar-refractivity contribution is 5.90. The highest BCUT2D eigenvalue weighted by Gasteiger charge is 2.33. The Morgan fingerprint density at radius 2 is 1.83 bits per heavy atom. The summed E-state index contributed by atoms with van der Waals surface area (Å²) in [5.74, 6) is 0.594.